The first-order valence-electron chi connectivity index (χ1n) is 13.9. The van der Waals surface area contributed by atoms with Gasteiger partial charge in [-0.2, -0.15) is 0 Å². The Labute approximate surface area is 242 Å². The molecule has 0 radical (unpaired) electrons. The number of amides is 1. The van der Waals surface area contributed by atoms with E-state index >= 15 is 0 Å². The molecule has 41 heavy (non-hydrogen) atoms. The molecule has 218 valence electrons. The summed E-state index contributed by atoms with van der Waals surface area (Å²) in [6.45, 7) is 7.67. The first-order chi connectivity index (χ1) is 19.5. The van der Waals surface area contributed by atoms with Crippen LogP contribution in [-0.2, 0) is 30.4 Å². The summed E-state index contributed by atoms with van der Waals surface area (Å²) in [6, 6.07) is 21.9. The molecule has 1 fully saturated rings. The number of hydrogen-bond donors (Lipinski definition) is 1. The second-order valence-electron chi connectivity index (χ2n) is 11.7. The van der Waals surface area contributed by atoms with E-state index in [1.165, 1.54) is 23.5 Å². The SMILES string of the molecule is COc1ccc(S(=O)(=O)N2CC(C(=O)NCC3(c4ccccc4)CCOCC3)Oc3ccc(C(C)(C)C)cc32)cc1. The fourth-order valence-corrected chi connectivity index (χ4v) is 6.92. The molecule has 2 aliphatic heterocycles. The minimum atomic E-state index is -4.02. The second-order valence-corrected chi connectivity index (χ2v) is 13.6. The zero-order chi connectivity index (χ0) is 29.3. The smallest absolute Gasteiger partial charge is 0.264 e. The number of carbonyl (C=O) groups excluding carboxylic acids is 1. The second kappa shape index (κ2) is 11.4. The van der Waals surface area contributed by atoms with Gasteiger partial charge in [-0.25, -0.2) is 8.42 Å². The number of anilines is 1. The summed E-state index contributed by atoms with van der Waals surface area (Å²) in [4.78, 5) is 13.7. The molecule has 0 aliphatic carbocycles. The summed E-state index contributed by atoms with van der Waals surface area (Å²) < 4.78 is 46.3. The number of benzene rings is 3. The lowest BCUT2D eigenvalue weighted by Crippen LogP contribution is -2.53. The third kappa shape index (κ3) is 5.92. The van der Waals surface area contributed by atoms with Gasteiger partial charge in [-0.05, 0) is 65.8 Å². The summed E-state index contributed by atoms with van der Waals surface area (Å²) in [6.07, 6.45) is 0.530. The van der Waals surface area contributed by atoms with Gasteiger partial charge in [0.1, 0.15) is 11.5 Å². The van der Waals surface area contributed by atoms with Crippen LogP contribution < -0.4 is 19.1 Å². The van der Waals surface area contributed by atoms with Crippen molar-refractivity contribution in [1.29, 1.82) is 0 Å². The molecule has 9 heteroatoms. The number of nitrogens with zero attached hydrogens (tertiary/aromatic N) is 1. The van der Waals surface area contributed by atoms with Crippen LogP contribution in [0.1, 0.15) is 44.7 Å². The van der Waals surface area contributed by atoms with E-state index in [-0.39, 0.29) is 28.2 Å². The van der Waals surface area contributed by atoms with Gasteiger partial charge in [-0.3, -0.25) is 9.10 Å². The first kappa shape index (κ1) is 29.0. The van der Waals surface area contributed by atoms with E-state index in [2.05, 4.69) is 38.2 Å². The molecule has 1 N–H and O–H groups in total. The molecular weight excluding hydrogens is 540 g/mol. The van der Waals surface area contributed by atoms with Crippen LogP contribution in [0.15, 0.2) is 77.7 Å². The Morgan fingerprint density at radius 3 is 2.34 bits per heavy atom. The molecule has 1 unspecified atom stereocenters. The van der Waals surface area contributed by atoms with Gasteiger partial charge < -0.3 is 19.5 Å². The molecule has 5 rings (SSSR count). The Kier molecular flexibility index (Phi) is 8.03. The van der Waals surface area contributed by atoms with Crippen molar-refractivity contribution in [2.24, 2.45) is 0 Å². The fourth-order valence-electron chi connectivity index (χ4n) is 5.45. The van der Waals surface area contributed by atoms with Crippen LogP contribution in [0.3, 0.4) is 0 Å². The van der Waals surface area contributed by atoms with Crippen molar-refractivity contribution in [2.75, 3.05) is 37.7 Å². The van der Waals surface area contributed by atoms with E-state index in [0.29, 0.717) is 36.9 Å². The van der Waals surface area contributed by atoms with Crippen LogP contribution in [0.2, 0.25) is 0 Å². The van der Waals surface area contributed by atoms with Gasteiger partial charge >= 0.3 is 0 Å². The van der Waals surface area contributed by atoms with Crippen molar-refractivity contribution >= 4 is 21.6 Å². The molecule has 3 aromatic carbocycles. The topological polar surface area (TPSA) is 94.2 Å². The average Bonchev–Trinajstić information content (AvgIpc) is 2.99. The molecule has 0 spiro atoms. The highest BCUT2D eigenvalue weighted by atomic mass is 32.2. The third-order valence-corrected chi connectivity index (χ3v) is 9.87. The molecule has 2 aliphatic rings. The predicted octanol–water partition coefficient (Wildman–Crippen LogP) is 4.81. The van der Waals surface area contributed by atoms with Crippen molar-refractivity contribution in [3.63, 3.8) is 0 Å². The Balaban J connectivity index is 1.45. The van der Waals surface area contributed by atoms with E-state index in [9.17, 15) is 13.2 Å². The average molecular weight is 579 g/mol. The first-order valence-corrected chi connectivity index (χ1v) is 15.4. The molecule has 8 nitrogen and oxygen atoms in total. The summed E-state index contributed by atoms with van der Waals surface area (Å²) in [5, 5.41) is 3.10. The zero-order valence-electron chi connectivity index (χ0n) is 24.1. The number of methoxy groups -OCH3 is 1. The molecule has 1 atom stereocenters. The van der Waals surface area contributed by atoms with Crippen molar-refractivity contribution < 1.29 is 27.4 Å². The number of ether oxygens (including phenoxy) is 3. The minimum absolute atomic E-state index is 0.108. The number of hydrogen-bond acceptors (Lipinski definition) is 6. The fraction of sp³-hybridized carbons (Fsp3) is 0.406. The highest BCUT2D eigenvalue weighted by Gasteiger charge is 2.40. The highest BCUT2D eigenvalue weighted by Crippen LogP contribution is 2.40. The van der Waals surface area contributed by atoms with Crippen LogP contribution in [0.5, 0.6) is 11.5 Å². The molecule has 0 bridgehead atoms. The van der Waals surface area contributed by atoms with Crippen LogP contribution >= 0.6 is 0 Å². The number of rotatable bonds is 7. The van der Waals surface area contributed by atoms with E-state index in [1.807, 2.05) is 30.3 Å². The standard InChI is InChI=1S/C32H38N2O6S/c1-31(2,3)24-10-15-28-27(20-24)34(41(36,37)26-13-11-25(38-4)12-14-26)21-29(40-28)30(35)33-22-32(16-18-39-19-17-32)23-8-6-5-7-9-23/h5-15,20,29H,16-19,21-22H2,1-4H3,(H,33,35). The number of sulfonamides is 1. The predicted molar refractivity (Wildman–Crippen MR) is 158 cm³/mol. The lowest BCUT2D eigenvalue weighted by Gasteiger charge is -2.39. The Hall–Kier alpha value is -3.56. The van der Waals surface area contributed by atoms with E-state index in [1.54, 1.807) is 18.2 Å². The largest absolute Gasteiger partial charge is 0.497 e. The zero-order valence-corrected chi connectivity index (χ0v) is 24.9. The maximum Gasteiger partial charge on any atom is 0.264 e. The Morgan fingerprint density at radius 1 is 1.02 bits per heavy atom. The molecule has 0 saturated carbocycles. The maximum absolute atomic E-state index is 14.0. The van der Waals surface area contributed by atoms with Gasteiger partial charge in [0.05, 0.1) is 24.2 Å². The molecule has 0 aromatic heterocycles. The number of carbonyl (C=O) groups is 1. The van der Waals surface area contributed by atoms with Crippen LogP contribution in [0.4, 0.5) is 5.69 Å². The van der Waals surface area contributed by atoms with Crippen molar-refractivity contribution in [3.8, 4) is 11.5 Å². The lowest BCUT2D eigenvalue weighted by atomic mass is 9.74. The van der Waals surface area contributed by atoms with Crippen molar-refractivity contribution in [2.45, 2.75) is 55.4 Å². The quantitative estimate of drug-likeness (QED) is 0.432. The lowest BCUT2D eigenvalue weighted by molar-refractivity contribution is -0.128. The normalized spacial score (nSPS) is 18.6. The summed E-state index contributed by atoms with van der Waals surface area (Å²) in [5.41, 5.74) is 2.05. The van der Waals surface area contributed by atoms with Crippen molar-refractivity contribution in [1.82, 2.24) is 5.32 Å². The Morgan fingerprint density at radius 2 is 1.71 bits per heavy atom. The Bertz CT molecular complexity index is 1480. The third-order valence-electron chi connectivity index (χ3n) is 8.07. The maximum atomic E-state index is 14.0. The summed E-state index contributed by atoms with van der Waals surface area (Å²) >= 11 is 0. The molecular formula is C32H38N2O6S. The van der Waals surface area contributed by atoms with Gasteiger partial charge in [0.2, 0.25) is 0 Å². The van der Waals surface area contributed by atoms with Gasteiger partial charge in [0.25, 0.3) is 15.9 Å². The van der Waals surface area contributed by atoms with Crippen molar-refractivity contribution in [3.05, 3.63) is 83.9 Å². The summed E-state index contributed by atoms with van der Waals surface area (Å²) in [5.74, 6) is 0.552. The monoisotopic (exact) mass is 578 g/mol. The summed E-state index contributed by atoms with van der Waals surface area (Å²) in [7, 11) is -2.49. The van der Waals surface area contributed by atoms with E-state index < -0.39 is 16.1 Å². The van der Waals surface area contributed by atoms with Gasteiger partial charge in [0.15, 0.2) is 6.10 Å². The molecule has 3 aromatic rings. The highest BCUT2D eigenvalue weighted by molar-refractivity contribution is 7.92. The van der Waals surface area contributed by atoms with Gasteiger partial charge in [0, 0.05) is 25.2 Å². The van der Waals surface area contributed by atoms with E-state index in [4.69, 9.17) is 14.2 Å². The molecule has 1 amide bonds. The number of fused-ring (bicyclic) bond motifs is 1. The minimum Gasteiger partial charge on any atom is -0.497 e. The van der Waals surface area contributed by atoms with Crippen LogP contribution in [-0.4, -0.2) is 53.8 Å². The van der Waals surface area contributed by atoms with Crippen LogP contribution in [0.25, 0.3) is 0 Å². The van der Waals surface area contributed by atoms with E-state index in [0.717, 1.165) is 24.0 Å². The molecule has 1 saturated heterocycles. The molecule has 2 heterocycles. The van der Waals surface area contributed by atoms with Crippen LogP contribution in [0, 0.1) is 0 Å². The van der Waals surface area contributed by atoms with Gasteiger partial charge in [-0.1, -0.05) is 57.2 Å². The number of nitrogens with one attached hydrogen (secondary N) is 1. The van der Waals surface area contributed by atoms with Gasteiger partial charge in [-0.15, -0.1) is 0 Å².